The van der Waals surface area contributed by atoms with Crippen molar-refractivity contribution in [1.82, 2.24) is 38.5 Å². The molecule has 0 saturated carbocycles. The number of hydrogen-bond donors (Lipinski definition) is 0. The summed E-state index contributed by atoms with van der Waals surface area (Å²) in [6, 6.07) is 4.16. The highest BCUT2D eigenvalue weighted by Gasteiger charge is 2.50. The van der Waals surface area contributed by atoms with Gasteiger partial charge in [-0.15, -0.1) is 4.31 Å². The third kappa shape index (κ3) is 2.97. The summed E-state index contributed by atoms with van der Waals surface area (Å²) in [5.74, 6) is 0. The van der Waals surface area contributed by atoms with Crippen LogP contribution < -0.4 is 0 Å². The van der Waals surface area contributed by atoms with E-state index in [0.29, 0.717) is 19.5 Å². The Morgan fingerprint density at radius 1 is 1.17 bits per heavy atom. The number of aryl methyl sites for hydroxylation is 1. The van der Waals surface area contributed by atoms with Gasteiger partial charge in [0.2, 0.25) is 0 Å². The lowest BCUT2D eigenvalue weighted by Crippen LogP contribution is -2.63. The van der Waals surface area contributed by atoms with Crippen LogP contribution in [0, 0.1) is 11.3 Å². The normalized spacial score (nSPS) is 17.0. The molecule has 11 heteroatoms. The fourth-order valence-electron chi connectivity index (χ4n) is 3.81. The van der Waals surface area contributed by atoms with Crippen molar-refractivity contribution < 1.29 is 4.55 Å². The van der Waals surface area contributed by atoms with Crippen molar-refractivity contribution in [3.8, 4) is 28.6 Å². The van der Waals surface area contributed by atoms with E-state index in [9.17, 15) is 9.81 Å². The van der Waals surface area contributed by atoms with Crippen molar-refractivity contribution in [3.05, 3.63) is 43.2 Å². The second-order valence-electron chi connectivity index (χ2n) is 7.49. The minimum atomic E-state index is -1.06. The predicted octanol–water partition coefficient (Wildman–Crippen LogP) is 1.21. The molecule has 0 N–H and O–H groups in total. The lowest BCUT2D eigenvalue weighted by atomic mass is 9.89. The van der Waals surface area contributed by atoms with Gasteiger partial charge in [-0.2, -0.15) is 20.6 Å². The average molecular weight is 421 g/mol. The fraction of sp³-hybridized carbons (Fsp3) is 0.316. The molecule has 0 spiro atoms. The van der Waals surface area contributed by atoms with Gasteiger partial charge >= 0.3 is 0 Å². The van der Waals surface area contributed by atoms with Crippen LogP contribution in [-0.4, -0.2) is 62.4 Å². The van der Waals surface area contributed by atoms with Crippen LogP contribution in [0.4, 0.5) is 0 Å². The van der Waals surface area contributed by atoms with E-state index in [1.165, 1.54) is 0 Å². The van der Waals surface area contributed by atoms with E-state index >= 15 is 0 Å². The van der Waals surface area contributed by atoms with Gasteiger partial charge in [-0.3, -0.25) is 9.36 Å². The van der Waals surface area contributed by atoms with Crippen LogP contribution in [0.3, 0.4) is 0 Å². The maximum Gasteiger partial charge on any atom is 0.115 e. The van der Waals surface area contributed by atoms with Crippen LogP contribution in [0.25, 0.3) is 28.0 Å². The quantitative estimate of drug-likeness (QED) is 0.445. The Kier molecular flexibility index (Phi) is 4.35. The van der Waals surface area contributed by atoms with Crippen molar-refractivity contribution in [2.45, 2.75) is 12.0 Å². The Morgan fingerprint density at radius 3 is 2.67 bits per heavy atom. The van der Waals surface area contributed by atoms with Crippen molar-refractivity contribution in [3.63, 3.8) is 0 Å². The topological polar surface area (TPSA) is 116 Å². The first kappa shape index (κ1) is 18.8. The van der Waals surface area contributed by atoms with Crippen LogP contribution in [0.15, 0.2) is 43.2 Å². The van der Waals surface area contributed by atoms with E-state index in [1.807, 2.05) is 40.7 Å². The molecule has 0 aliphatic carbocycles. The summed E-state index contributed by atoms with van der Waals surface area (Å²) < 4.78 is 18.9. The summed E-state index contributed by atoms with van der Waals surface area (Å²) >= 11 is -1.06. The number of nitrogens with zero attached hydrogens (tertiary/aromatic N) is 9. The molecule has 5 heterocycles. The molecular weight excluding hydrogens is 402 g/mol. The highest BCUT2D eigenvalue weighted by Crippen LogP contribution is 2.35. The highest BCUT2D eigenvalue weighted by atomic mass is 32.2. The molecule has 1 saturated heterocycles. The molecule has 5 rings (SSSR count). The summed E-state index contributed by atoms with van der Waals surface area (Å²) in [6.45, 7) is 1.05. The van der Waals surface area contributed by atoms with Crippen LogP contribution >= 0.6 is 0 Å². The SMILES string of the molecule is Cn1cc(-c2cn3nccc3c(-c3cnn(C4(CC#N)CN([S+](C)[O-])C4)c3)n2)cn1. The largest absolute Gasteiger partial charge is 0.598 e. The van der Waals surface area contributed by atoms with Crippen LogP contribution in [0.2, 0.25) is 0 Å². The van der Waals surface area contributed by atoms with Gasteiger partial charge in [0.1, 0.15) is 11.8 Å². The number of rotatable bonds is 5. The van der Waals surface area contributed by atoms with Gasteiger partial charge in [0, 0.05) is 41.9 Å². The van der Waals surface area contributed by atoms with Gasteiger partial charge in [-0.1, -0.05) is 0 Å². The Bertz CT molecular complexity index is 1260. The summed E-state index contributed by atoms with van der Waals surface area (Å²) in [5.41, 5.74) is 3.62. The molecule has 1 aliphatic rings. The van der Waals surface area contributed by atoms with Gasteiger partial charge in [0.25, 0.3) is 0 Å². The zero-order valence-corrected chi connectivity index (χ0v) is 17.3. The summed E-state index contributed by atoms with van der Waals surface area (Å²) in [6.07, 6.45) is 12.9. The lowest BCUT2D eigenvalue weighted by molar-refractivity contribution is 0.0724. The van der Waals surface area contributed by atoms with Crippen molar-refractivity contribution in [2.24, 2.45) is 7.05 Å². The Hall–Kier alpha value is -3.20. The first-order valence-electron chi connectivity index (χ1n) is 9.33. The van der Waals surface area contributed by atoms with Gasteiger partial charge < -0.3 is 4.55 Å². The van der Waals surface area contributed by atoms with Gasteiger partial charge in [0.05, 0.1) is 67.3 Å². The molecule has 0 aromatic carbocycles. The second-order valence-corrected chi connectivity index (χ2v) is 8.86. The Labute approximate surface area is 175 Å². The first-order chi connectivity index (χ1) is 14.5. The highest BCUT2D eigenvalue weighted by molar-refractivity contribution is 7.88. The van der Waals surface area contributed by atoms with E-state index in [2.05, 4.69) is 21.4 Å². The number of hydrogen-bond acceptors (Lipinski definition) is 7. The standard InChI is InChI=1S/C19H19N9OS/c1-25-9-14(7-22-25)16-11-27-17(3-6-21-27)18(24-16)15-8-23-28(10-15)19(4-5-20)12-26(13-19)30(2)29/h3,6-11H,4,12-13H2,1-2H3. The van der Waals surface area contributed by atoms with Crippen molar-refractivity contribution in [2.75, 3.05) is 19.3 Å². The number of nitriles is 1. The van der Waals surface area contributed by atoms with E-state index in [-0.39, 0.29) is 0 Å². The minimum absolute atomic E-state index is 0.299. The Balaban J connectivity index is 1.56. The third-order valence-corrected chi connectivity index (χ3v) is 6.43. The van der Waals surface area contributed by atoms with E-state index in [1.54, 1.807) is 34.0 Å². The third-order valence-electron chi connectivity index (χ3n) is 5.45. The fourth-order valence-corrected chi connectivity index (χ4v) is 4.66. The van der Waals surface area contributed by atoms with Crippen LogP contribution in [0.5, 0.6) is 0 Å². The molecule has 152 valence electrons. The van der Waals surface area contributed by atoms with Crippen LogP contribution in [-0.2, 0) is 23.9 Å². The molecule has 1 aliphatic heterocycles. The molecule has 0 radical (unpaired) electrons. The van der Waals surface area contributed by atoms with Crippen molar-refractivity contribution in [1.29, 1.82) is 5.26 Å². The summed E-state index contributed by atoms with van der Waals surface area (Å²) in [7, 11) is 1.86. The summed E-state index contributed by atoms with van der Waals surface area (Å²) in [5, 5.41) is 22.5. The molecule has 30 heavy (non-hydrogen) atoms. The number of fused-ring (bicyclic) bond motifs is 1. The maximum absolute atomic E-state index is 11.8. The van der Waals surface area contributed by atoms with E-state index < -0.39 is 16.9 Å². The van der Waals surface area contributed by atoms with E-state index in [0.717, 1.165) is 28.0 Å². The zero-order chi connectivity index (χ0) is 20.9. The predicted molar refractivity (Wildman–Crippen MR) is 110 cm³/mol. The van der Waals surface area contributed by atoms with Crippen LogP contribution in [0.1, 0.15) is 6.42 Å². The minimum Gasteiger partial charge on any atom is -0.598 e. The Morgan fingerprint density at radius 2 is 1.97 bits per heavy atom. The molecule has 4 aromatic heterocycles. The average Bonchev–Trinajstić information content (AvgIpc) is 3.43. The molecule has 1 fully saturated rings. The molecule has 10 nitrogen and oxygen atoms in total. The van der Waals surface area contributed by atoms with Gasteiger partial charge in [-0.05, 0) is 6.07 Å². The molecule has 1 unspecified atom stereocenters. The molecule has 0 bridgehead atoms. The first-order valence-corrected chi connectivity index (χ1v) is 10.8. The molecule has 1 atom stereocenters. The number of aromatic nitrogens is 7. The van der Waals surface area contributed by atoms with Gasteiger partial charge in [0.15, 0.2) is 0 Å². The van der Waals surface area contributed by atoms with Crippen molar-refractivity contribution >= 4 is 16.9 Å². The van der Waals surface area contributed by atoms with Gasteiger partial charge in [-0.25, -0.2) is 9.50 Å². The second kappa shape index (κ2) is 6.94. The monoisotopic (exact) mass is 421 g/mol. The van der Waals surface area contributed by atoms with E-state index in [4.69, 9.17) is 4.98 Å². The molecule has 0 amide bonds. The molecule has 4 aromatic rings. The molecular formula is C19H19N9OS. The smallest absolute Gasteiger partial charge is 0.115 e. The maximum atomic E-state index is 11.8. The zero-order valence-electron chi connectivity index (χ0n) is 16.5. The summed E-state index contributed by atoms with van der Waals surface area (Å²) in [4.78, 5) is 4.86. The lowest BCUT2D eigenvalue weighted by Gasteiger charge is -2.46.